The van der Waals surface area contributed by atoms with E-state index in [1.54, 1.807) is 6.08 Å². The Bertz CT molecular complexity index is 692. The largest absolute Gasteiger partial charge is 0.478 e. The Morgan fingerprint density at radius 2 is 1.85 bits per heavy atom. The SMILES string of the molecule is CC(C)(C)[Si](C)(C)O[C@@H]1CC(C(=O)O)=C[C@H]2OC(c3ccccc3)O[C@H]21. The summed E-state index contributed by atoms with van der Waals surface area (Å²) in [5.74, 6) is -0.918. The number of rotatable bonds is 4. The highest BCUT2D eigenvalue weighted by Crippen LogP contribution is 2.43. The quantitative estimate of drug-likeness (QED) is 0.795. The fourth-order valence-electron chi connectivity index (χ4n) is 3.09. The van der Waals surface area contributed by atoms with Gasteiger partial charge in [0.1, 0.15) is 12.2 Å². The maximum absolute atomic E-state index is 11.6. The monoisotopic (exact) mass is 376 g/mol. The normalized spacial score (nSPS) is 29.2. The van der Waals surface area contributed by atoms with Crippen LogP contribution in [0.15, 0.2) is 42.0 Å². The second kappa shape index (κ2) is 6.92. The second-order valence-corrected chi connectivity index (χ2v) is 13.3. The second-order valence-electron chi connectivity index (χ2n) is 8.56. The number of fused-ring (bicyclic) bond motifs is 1. The van der Waals surface area contributed by atoms with Crippen LogP contribution < -0.4 is 0 Å². The van der Waals surface area contributed by atoms with Crippen LogP contribution in [0.25, 0.3) is 0 Å². The minimum atomic E-state index is -2.07. The zero-order valence-electron chi connectivity index (χ0n) is 16.1. The third kappa shape index (κ3) is 3.78. The lowest BCUT2D eigenvalue weighted by Gasteiger charge is -2.42. The Morgan fingerprint density at radius 1 is 1.19 bits per heavy atom. The highest BCUT2D eigenvalue weighted by Gasteiger charge is 2.48. The smallest absolute Gasteiger partial charge is 0.331 e. The summed E-state index contributed by atoms with van der Waals surface area (Å²) < 4.78 is 18.8. The van der Waals surface area contributed by atoms with E-state index >= 15 is 0 Å². The van der Waals surface area contributed by atoms with Crippen molar-refractivity contribution in [2.24, 2.45) is 0 Å². The first-order valence-electron chi connectivity index (χ1n) is 9.06. The third-order valence-corrected chi connectivity index (χ3v) is 10.1. The number of benzene rings is 1. The topological polar surface area (TPSA) is 65.0 Å². The molecule has 1 aliphatic heterocycles. The first kappa shape index (κ1) is 19.3. The van der Waals surface area contributed by atoms with Crippen molar-refractivity contribution in [1.29, 1.82) is 0 Å². The standard InChI is InChI=1S/C20H28O5Si/c1-20(2,3)26(4,5)25-16-12-14(18(21)22)11-15-17(16)24-19(23-15)13-9-7-6-8-10-13/h6-11,15-17,19H,12H2,1-5H3,(H,21,22)/t15-,16-,17-,19?/m1/s1. The van der Waals surface area contributed by atoms with E-state index in [1.807, 2.05) is 30.3 Å². The summed E-state index contributed by atoms with van der Waals surface area (Å²) in [4.78, 5) is 11.6. The maximum Gasteiger partial charge on any atom is 0.331 e. The Morgan fingerprint density at radius 3 is 2.42 bits per heavy atom. The molecule has 0 bridgehead atoms. The van der Waals surface area contributed by atoms with E-state index < -0.39 is 26.7 Å². The molecule has 1 N–H and O–H groups in total. The van der Waals surface area contributed by atoms with Crippen LogP contribution >= 0.6 is 0 Å². The molecular weight excluding hydrogens is 348 g/mol. The van der Waals surface area contributed by atoms with Crippen LogP contribution in [0.4, 0.5) is 0 Å². The lowest BCUT2D eigenvalue weighted by Crippen LogP contribution is -2.50. The molecule has 1 fully saturated rings. The molecule has 1 unspecified atom stereocenters. The van der Waals surface area contributed by atoms with Crippen LogP contribution in [0.5, 0.6) is 0 Å². The predicted octanol–water partition coefficient (Wildman–Crippen LogP) is 4.27. The lowest BCUT2D eigenvalue weighted by molar-refractivity contribution is -0.133. The molecule has 0 spiro atoms. The maximum atomic E-state index is 11.6. The van der Waals surface area contributed by atoms with Gasteiger partial charge in [0.2, 0.25) is 0 Å². The molecule has 4 atom stereocenters. The van der Waals surface area contributed by atoms with Gasteiger partial charge in [-0.2, -0.15) is 0 Å². The number of ether oxygens (including phenoxy) is 2. The minimum absolute atomic E-state index is 0.0331. The average molecular weight is 377 g/mol. The number of aliphatic carboxylic acids is 1. The van der Waals surface area contributed by atoms with E-state index in [2.05, 4.69) is 33.9 Å². The van der Waals surface area contributed by atoms with E-state index in [4.69, 9.17) is 13.9 Å². The highest BCUT2D eigenvalue weighted by molar-refractivity contribution is 6.74. The van der Waals surface area contributed by atoms with Crippen molar-refractivity contribution < 1.29 is 23.8 Å². The highest BCUT2D eigenvalue weighted by atomic mass is 28.4. The van der Waals surface area contributed by atoms with Crippen molar-refractivity contribution in [3.63, 3.8) is 0 Å². The molecule has 1 aliphatic carbocycles. The summed E-state index contributed by atoms with van der Waals surface area (Å²) in [5.41, 5.74) is 1.27. The Hall–Kier alpha value is -1.47. The molecule has 142 valence electrons. The van der Waals surface area contributed by atoms with Crippen LogP contribution in [-0.2, 0) is 18.7 Å². The van der Waals surface area contributed by atoms with Crippen molar-refractivity contribution in [3.05, 3.63) is 47.5 Å². The fourth-order valence-corrected chi connectivity index (χ4v) is 4.42. The van der Waals surface area contributed by atoms with Gasteiger partial charge in [0.05, 0.1) is 6.10 Å². The van der Waals surface area contributed by atoms with Gasteiger partial charge in [-0.1, -0.05) is 51.1 Å². The van der Waals surface area contributed by atoms with Crippen molar-refractivity contribution >= 4 is 14.3 Å². The van der Waals surface area contributed by atoms with Crippen LogP contribution in [0.3, 0.4) is 0 Å². The molecule has 2 aliphatic rings. The van der Waals surface area contributed by atoms with Crippen molar-refractivity contribution in [2.45, 2.75) is 69.9 Å². The number of hydrogen-bond acceptors (Lipinski definition) is 4. The number of carbonyl (C=O) groups is 1. The Kier molecular flexibility index (Phi) is 5.14. The van der Waals surface area contributed by atoms with Crippen LogP contribution in [0.1, 0.15) is 39.0 Å². The van der Waals surface area contributed by atoms with Crippen LogP contribution in [0, 0.1) is 0 Å². The van der Waals surface area contributed by atoms with Crippen LogP contribution in [-0.4, -0.2) is 37.7 Å². The van der Waals surface area contributed by atoms with Gasteiger partial charge in [-0.3, -0.25) is 0 Å². The summed E-state index contributed by atoms with van der Waals surface area (Å²) in [6.45, 7) is 10.9. The molecular formula is C20H28O5Si. The molecule has 26 heavy (non-hydrogen) atoms. The third-order valence-electron chi connectivity index (χ3n) is 5.64. The number of carboxylic acid groups (broad SMARTS) is 1. The van der Waals surface area contributed by atoms with Crippen molar-refractivity contribution in [1.82, 2.24) is 0 Å². The Balaban J connectivity index is 1.86. The van der Waals surface area contributed by atoms with Gasteiger partial charge >= 0.3 is 5.97 Å². The molecule has 1 heterocycles. The molecule has 0 aromatic heterocycles. The first-order chi connectivity index (χ1) is 12.1. The number of hydrogen-bond donors (Lipinski definition) is 1. The van der Waals surface area contributed by atoms with Crippen molar-refractivity contribution in [3.8, 4) is 0 Å². The molecule has 5 nitrogen and oxygen atoms in total. The average Bonchev–Trinajstić information content (AvgIpc) is 2.98. The van der Waals surface area contributed by atoms with Gasteiger partial charge in [0, 0.05) is 17.6 Å². The molecule has 1 saturated heterocycles. The summed E-state index contributed by atoms with van der Waals surface area (Å²) >= 11 is 0. The molecule has 1 aromatic carbocycles. The number of carboxylic acids is 1. The van der Waals surface area contributed by atoms with Gasteiger partial charge < -0.3 is 19.0 Å². The molecule has 1 aromatic rings. The van der Waals surface area contributed by atoms with E-state index in [0.29, 0.717) is 12.0 Å². The predicted molar refractivity (Wildman–Crippen MR) is 101 cm³/mol. The van der Waals surface area contributed by atoms with E-state index in [1.165, 1.54) is 0 Å². The lowest BCUT2D eigenvalue weighted by atomic mass is 9.92. The van der Waals surface area contributed by atoms with Gasteiger partial charge in [-0.05, 0) is 24.2 Å². The van der Waals surface area contributed by atoms with E-state index in [9.17, 15) is 9.90 Å². The Labute approximate surface area is 156 Å². The summed E-state index contributed by atoms with van der Waals surface area (Å²) in [5, 5.41) is 9.54. The van der Waals surface area contributed by atoms with Gasteiger partial charge in [0.25, 0.3) is 0 Å². The summed E-state index contributed by atoms with van der Waals surface area (Å²) in [6.07, 6.45) is 0.508. The van der Waals surface area contributed by atoms with Gasteiger partial charge in [0.15, 0.2) is 14.6 Å². The first-order valence-corrected chi connectivity index (χ1v) is 12.0. The van der Waals surface area contributed by atoms with Gasteiger partial charge in [-0.15, -0.1) is 0 Å². The summed E-state index contributed by atoms with van der Waals surface area (Å²) in [6, 6.07) is 9.72. The zero-order valence-corrected chi connectivity index (χ0v) is 17.1. The fraction of sp³-hybridized carbons (Fsp3) is 0.550. The van der Waals surface area contributed by atoms with Gasteiger partial charge in [-0.25, -0.2) is 4.79 Å². The van der Waals surface area contributed by atoms with E-state index in [-0.39, 0.29) is 17.2 Å². The zero-order chi connectivity index (χ0) is 19.1. The van der Waals surface area contributed by atoms with E-state index in [0.717, 1.165) is 5.56 Å². The molecule has 3 rings (SSSR count). The summed E-state index contributed by atoms with van der Waals surface area (Å²) in [7, 11) is -2.07. The molecule has 0 amide bonds. The molecule has 6 heteroatoms. The molecule has 0 radical (unpaired) electrons. The molecule has 0 saturated carbocycles. The van der Waals surface area contributed by atoms with Crippen LogP contribution in [0.2, 0.25) is 18.1 Å². The van der Waals surface area contributed by atoms with Crippen molar-refractivity contribution in [2.75, 3.05) is 0 Å². The minimum Gasteiger partial charge on any atom is -0.478 e.